The molecule has 0 saturated heterocycles. The average Bonchev–Trinajstić information content (AvgIpc) is 3.07. The monoisotopic (exact) mass is 333 g/mol. The first-order valence-corrected chi connectivity index (χ1v) is 9.48. The molecule has 1 N–H and O–H groups in total. The van der Waals surface area contributed by atoms with E-state index >= 15 is 0 Å². The van der Waals surface area contributed by atoms with Gasteiger partial charge in [-0.3, -0.25) is 4.79 Å². The van der Waals surface area contributed by atoms with E-state index in [9.17, 15) is 9.59 Å². The highest BCUT2D eigenvalue weighted by atomic mass is 32.1. The number of carbonyl (C=O) groups is 2. The minimum atomic E-state index is -0.337. The third kappa shape index (κ3) is 2.24. The quantitative estimate of drug-likeness (QED) is 0.847. The molecule has 0 radical (unpaired) electrons. The van der Waals surface area contributed by atoms with Gasteiger partial charge in [0.05, 0.1) is 17.6 Å². The van der Waals surface area contributed by atoms with E-state index in [2.05, 4.69) is 5.32 Å². The molecule has 1 heterocycles. The molecule has 5 rings (SSSR count). The third-order valence-corrected chi connectivity index (χ3v) is 7.14. The highest BCUT2D eigenvalue weighted by Crippen LogP contribution is 2.65. The number of rotatable bonds is 4. The molecule has 0 aliphatic heterocycles. The number of esters is 1. The summed E-state index contributed by atoms with van der Waals surface area (Å²) in [5.74, 6) is 1.84. The highest BCUT2D eigenvalue weighted by molar-refractivity contribution is 7.15. The molecule has 0 aromatic carbocycles. The summed E-state index contributed by atoms with van der Waals surface area (Å²) in [5, 5.41) is 5.67. The second-order valence-corrected chi connectivity index (χ2v) is 8.38. The van der Waals surface area contributed by atoms with Crippen LogP contribution in [-0.2, 0) is 9.53 Å². The first-order valence-electron chi connectivity index (χ1n) is 8.60. The van der Waals surface area contributed by atoms with Crippen LogP contribution in [0.25, 0.3) is 0 Å². The van der Waals surface area contributed by atoms with Gasteiger partial charge in [0, 0.05) is 0 Å². The maximum atomic E-state index is 13.1. The first kappa shape index (κ1) is 15.2. The van der Waals surface area contributed by atoms with Crippen LogP contribution in [0, 0.1) is 30.1 Å². The van der Waals surface area contributed by atoms with Gasteiger partial charge in [-0.05, 0) is 74.6 Å². The molecule has 4 aliphatic rings. The largest absolute Gasteiger partial charge is 0.462 e. The lowest BCUT2D eigenvalue weighted by Crippen LogP contribution is -2.37. The minimum absolute atomic E-state index is 0.139. The normalized spacial score (nSPS) is 33.9. The molecule has 2 unspecified atom stereocenters. The Kier molecular flexibility index (Phi) is 3.52. The summed E-state index contributed by atoms with van der Waals surface area (Å²) < 4.78 is 5.14. The summed E-state index contributed by atoms with van der Waals surface area (Å²) in [7, 11) is 0. The predicted molar refractivity (Wildman–Crippen MR) is 89.6 cm³/mol. The van der Waals surface area contributed by atoms with Crippen molar-refractivity contribution in [1.82, 2.24) is 0 Å². The van der Waals surface area contributed by atoms with E-state index in [0.29, 0.717) is 23.1 Å². The number of amides is 1. The highest BCUT2D eigenvalue weighted by Gasteiger charge is 2.61. The van der Waals surface area contributed by atoms with Crippen molar-refractivity contribution in [3.05, 3.63) is 16.5 Å². The number of hydrogen-bond acceptors (Lipinski definition) is 4. The number of ether oxygens (including phenoxy) is 1. The maximum absolute atomic E-state index is 13.1. The van der Waals surface area contributed by atoms with Gasteiger partial charge in [-0.25, -0.2) is 4.79 Å². The van der Waals surface area contributed by atoms with Crippen LogP contribution < -0.4 is 5.32 Å². The molecular formula is C18H23NO3S. The van der Waals surface area contributed by atoms with E-state index in [1.807, 2.05) is 12.3 Å². The molecule has 4 nitrogen and oxygen atoms in total. The Balaban J connectivity index is 1.57. The molecule has 1 amide bonds. The van der Waals surface area contributed by atoms with Gasteiger partial charge >= 0.3 is 5.97 Å². The summed E-state index contributed by atoms with van der Waals surface area (Å²) >= 11 is 1.43. The zero-order valence-electron chi connectivity index (χ0n) is 13.7. The number of nitrogens with one attached hydrogen (secondary N) is 1. The first-order chi connectivity index (χ1) is 11.0. The number of aryl methyl sites for hydroxylation is 1. The molecule has 4 bridgehead atoms. The Labute approximate surface area is 140 Å². The lowest BCUT2D eigenvalue weighted by molar-refractivity contribution is -0.127. The minimum Gasteiger partial charge on any atom is -0.462 e. The second-order valence-electron chi connectivity index (χ2n) is 7.50. The van der Waals surface area contributed by atoms with Crippen molar-refractivity contribution in [2.45, 2.75) is 46.0 Å². The average molecular weight is 333 g/mol. The fourth-order valence-electron chi connectivity index (χ4n) is 5.39. The van der Waals surface area contributed by atoms with Crippen LogP contribution in [0.4, 0.5) is 5.00 Å². The lowest BCUT2D eigenvalue weighted by Gasteiger charge is -2.31. The zero-order chi connectivity index (χ0) is 16.2. The Hall–Kier alpha value is -1.36. The summed E-state index contributed by atoms with van der Waals surface area (Å²) in [6.45, 7) is 4.03. The van der Waals surface area contributed by atoms with E-state index in [4.69, 9.17) is 4.74 Å². The molecule has 124 valence electrons. The fraction of sp³-hybridized carbons (Fsp3) is 0.667. The van der Waals surface area contributed by atoms with Crippen LogP contribution in [0.15, 0.2) is 5.38 Å². The molecule has 1 aromatic heterocycles. The predicted octanol–water partition coefficient (Wildman–Crippen LogP) is 4.00. The molecule has 23 heavy (non-hydrogen) atoms. The fourth-order valence-corrected chi connectivity index (χ4v) is 6.31. The molecule has 4 fully saturated rings. The van der Waals surface area contributed by atoms with Crippen molar-refractivity contribution in [2.24, 2.45) is 23.2 Å². The molecule has 4 aliphatic carbocycles. The van der Waals surface area contributed by atoms with E-state index < -0.39 is 0 Å². The van der Waals surface area contributed by atoms with Crippen LogP contribution >= 0.6 is 11.3 Å². The van der Waals surface area contributed by atoms with Crippen LogP contribution in [-0.4, -0.2) is 18.5 Å². The summed E-state index contributed by atoms with van der Waals surface area (Å²) in [6.07, 6.45) is 5.84. The van der Waals surface area contributed by atoms with Gasteiger partial charge in [-0.1, -0.05) is 0 Å². The summed E-state index contributed by atoms with van der Waals surface area (Å²) in [4.78, 5) is 25.2. The Bertz CT molecular complexity index is 651. The molecule has 2 atom stereocenters. The van der Waals surface area contributed by atoms with Gasteiger partial charge in [0.2, 0.25) is 5.91 Å². The van der Waals surface area contributed by atoms with Crippen molar-refractivity contribution in [3.63, 3.8) is 0 Å². The van der Waals surface area contributed by atoms with Gasteiger partial charge in [0.25, 0.3) is 0 Å². The van der Waals surface area contributed by atoms with Gasteiger partial charge in [0.15, 0.2) is 0 Å². The topological polar surface area (TPSA) is 55.4 Å². The van der Waals surface area contributed by atoms with Gasteiger partial charge < -0.3 is 10.1 Å². The van der Waals surface area contributed by atoms with Crippen LogP contribution in [0.5, 0.6) is 0 Å². The Morgan fingerprint density at radius 2 is 2.00 bits per heavy atom. The van der Waals surface area contributed by atoms with E-state index in [0.717, 1.165) is 30.2 Å². The smallest absolute Gasteiger partial charge is 0.341 e. The van der Waals surface area contributed by atoms with Crippen LogP contribution in [0.1, 0.15) is 54.9 Å². The van der Waals surface area contributed by atoms with Gasteiger partial charge in [0.1, 0.15) is 5.00 Å². The maximum Gasteiger partial charge on any atom is 0.341 e. The van der Waals surface area contributed by atoms with Crippen LogP contribution in [0.2, 0.25) is 0 Å². The van der Waals surface area contributed by atoms with Crippen molar-refractivity contribution in [1.29, 1.82) is 0 Å². The molecule has 0 spiro atoms. The number of hydrogen-bond donors (Lipinski definition) is 1. The lowest BCUT2D eigenvalue weighted by atomic mass is 9.75. The zero-order valence-corrected chi connectivity index (χ0v) is 14.5. The standard InChI is InChI=1S/C18H23NO3S/c1-3-22-16(20)14-10(2)9-23-15(14)19-17(21)18-7-11-4-12(8-18)6-13(18)5-11/h9,11-13H,3-8H2,1-2H3,(H,19,21). The van der Waals surface area contributed by atoms with E-state index in [1.165, 1.54) is 30.6 Å². The SMILES string of the molecule is CCOC(=O)c1c(C)csc1NC(=O)C12CC3CC(CC1C3)C2. The summed E-state index contributed by atoms with van der Waals surface area (Å²) in [5.41, 5.74) is 1.23. The number of thiophene rings is 1. The molecule has 5 heteroatoms. The Morgan fingerprint density at radius 3 is 2.65 bits per heavy atom. The van der Waals surface area contributed by atoms with Gasteiger partial charge in [-0.15, -0.1) is 11.3 Å². The van der Waals surface area contributed by atoms with Crippen molar-refractivity contribution in [2.75, 3.05) is 11.9 Å². The molecular weight excluding hydrogens is 310 g/mol. The molecule has 4 saturated carbocycles. The van der Waals surface area contributed by atoms with E-state index in [-0.39, 0.29) is 17.3 Å². The summed E-state index contributed by atoms with van der Waals surface area (Å²) in [6, 6.07) is 0. The third-order valence-electron chi connectivity index (χ3n) is 6.12. The van der Waals surface area contributed by atoms with E-state index in [1.54, 1.807) is 6.92 Å². The van der Waals surface area contributed by atoms with Crippen molar-refractivity contribution < 1.29 is 14.3 Å². The van der Waals surface area contributed by atoms with Crippen molar-refractivity contribution in [3.8, 4) is 0 Å². The second kappa shape index (κ2) is 5.33. The Morgan fingerprint density at radius 1 is 1.30 bits per heavy atom. The van der Waals surface area contributed by atoms with Crippen molar-refractivity contribution >= 4 is 28.2 Å². The van der Waals surface area contributed by atoms with Gasteiger partial charge in [-0.2, -0.15) is 0 Å². The number of carbonyl (C=O) groups excluding carboxylic acids is 2. The van der Waals surface area contributed by atoms with Crippen LogP contribution in [0.3, 0.4) is 0 Å². The number of anilines is 1. The molecule has 1 aromatic rings.